The number of aromatic nitrogens is 1. The number of carbonyl (C=O) groups excluding carboxylic acids is 1. The fourth-order valence-corrected chi connectivity index (χ4v) is 2.13. The smallest absolute Gasteiger partial charge is 0.342 e. The molecule has 0 bridgehead atoms. The topological polar surface area (TPSA) is 140 Å². The summed E-state index contributed by atoms with van der Waals surface area (Å²) in [7, 11) is 0. The van der Waals surface area contributed by atoms with Crippen LogP contribution in [-0.2, 0) is 4.79 Å². The fourth-order valence-electron chi connectivity index (χ4n) is 2.13. The van der Waals surface area contributed by atoms with Gasteiger partial charge in [0.25, 0.3) is 0 Å². The van der Waals surface area contributed by atoms with Crippen molar-refractivity contribution in [2.45, 2.75) is 6.42 Å². The molecule has 1 atom stereocenters. The molecule has 3 N–H and O–H groups in total. The number of aromatic carboxylic acids is 1. The highest BCUT2D eigenvalue weighted by atomic mass is 16.6. The summed E-state index contributed by atoms with van der Waals surface area (Å²) in [5, 5.41) is 19.7. The summed E-state index contributed by atoms with van der Waals surface area (Å²) in [6.45, 7) is 0.830. The first-order valence-corrected chi connectivity index (χ1v) is 5.82. The Balaban J connectivity index is 2.31. The van der Waals surface area contributed by atoms with Gasteiger partial charge in [0, 0.05) is 19.2 Å². The maximum atomic E-state index is 11.1. The minimum Gasteiger partial charge on any atom is -0.477 e. The molecule has 0 spiro atoms. The van der Waals surface area contributed by atoms with Crippen LogP contribution in [0.5, 0.6) is 0 Å². The molecule has 20 heavy (non-hydrogen) atoms. The average molecular weight is 280 g/mol. The van der Waals surface area contributed by atoms with Crippen molar-refractivity contribution >= 4 is 23.4 Å². The van der Waals surface area contributed by atoms with Crippen LogP contribution in [0.1, 0.15) is 16.8 Å². The lowest BCUT2D eigenvalue weighted by Gasteiger charge is -2.17. The molecule has 9 nitrogen and oxygen atoms in total. The van der Waals surface area contributed by atoms with Gasteiger partial charge in [0.1, 0.15) is 17.6 Å². The van der Waals surface area contributed by atoms with E-state index in [1.165, 1.54) is 0 Å². The van der Waals surface area contributed by atoms with Crippen LogP contribution in [0.4, 0.5) is 11.5 Å². The molecule has 0 aromatic carbocycles. The van der Waals surface area contributed by atoms with Crippen molar-refractivity contribution in [1.82, 2.24) is 4.98 Å². The Kier molecular flexibility index (Phi) is 3.51. The molecule has 1 aliphatic rings. The van der Waals surface area contributed by atoms with Gasteiger partial charge in [-0.05, 0) is 6.42 Å². The fraction of sp³-hybridized carbons (Fsp3) is 0.364. The Labute approximate surface area is 113 Å². The summed E-state index contributed by atoms with van der Waals surface area (Å²) >= 11 is 0. The van der Waals surface area contributed by atoms with Gasteiger partial charge in [-0.2, -0.15) is 0 Å². The van der Waals surface area contributed by atoms with E-state index in [4.69, 9.17) is 10.8 Å². The van der Waals surface area contributed by atoms with E-state index in [2.05, 4.69) is 4.98 Å². The second-order valence-electron chi connectivity index (χ2n) is 4.46. The van der Waals surface area contributed by atoms with Gasteiger partial charge in [-0.3, -0.25) is 14.9 Å². The Bertz CT molecular complexity index is 588. The summed E-state index contributed by atoms with van der Waals surface area (Å²) in [5.74, 6) is -1.85. The van der Waals surface area contributed by atoms with Crippen LogP contribution < -0.4 is 10.6 Å². The Morgan fingerprint density at radius 3 is 2.75 bits per heavy atom. The predicted octanol–water partition coefficient (Wildman–Crippen LogP) is -0.000400. The van der Waals surface area contributed by atoms with Crippen LogP contribution in [0.25, 0.3) is 0 Å². The molecule has 2 rings (SSSR count). The first-order valence-electron chi connectivity index (χ1n) is 5.82. The molecule has 1 unspecified atom stereocenters. The Morgan fingerprint density at radius 1 is 1.55 bits per heavy atom. The molecule has 1 saturated heterocycles. The lowest BCUT2D eigenvalue weighted by molar-refractivity contribution is -0.385. The number of anilines is 1. The molecular formula is C11H12N4O5. The molecule has 0 saturated carbocycles. The minimum atomic E-state index is -1.40. The number of pyridine rings is 1. The number of nitro groups is 1. The van der Waals surface area contributed by atoms with Crippen LogP contribution in [0, 0.1) is 16.0 Å². The lowest BCUT2D eigenvalue weighted by atomic mass is 10.1. The number of nitrogens with zero attached hydrogens (tertiary/aromatic N) is 3. The van der Waals surface area contributed by atoms with E-state index in [0.29, 0.717) is 19.5 Å². The zero-order valence-corrected chi connectivity index (χ0v) is 10.4. The first-order chi connectivity index (χ1) is 9.40. The molecule has 0 aliphatic carbocycles. The van der Waals surface area contributed by atoms with Gasteiger partial charge >= 0.3 is 11.7 Å². The molecule has 9 heteroatoms. The molecule has 0 radical (unpaired) electrons. The van der Waals surface area contributed by atoms with Crippen LogP contribution in [0.3, 0.4) is 0 Å². The number of primary amides is 1. The van der Waals surface area contributed by atoms with E-state index in [1.807, 2.05) is 0 Å². The number of carboxylic acid groups (broad SMARTS) is 1. The van der Waals surface area contributed by atoms with E-state index in [-0.39, 0.29) is 11.7 Å². The Morgan fingerprint density at radius 2 is 2.25 bits per heavy atom. The molecular weight excluding hydrogens is 268 g/mol. The summed E-state index contributed by atoms with van der Waals surface area (Å²) in [6, 6.07) is 1.14. The SMILES string of the molecule is NC(=O)C1CCN(c2cc(C(=O)O)c([N+](=O)[O-])cn2)C1. The Hall–Kier alpha value is -2.71. The quantitative estimate of drug-likeness (QED) is 0.584. The number of carboxylic acids is 1. The zero-order valence-electron chi connectivity index (χ0n) is 10.4. The number of carbonyl (C=O) groups is 2. The van der Waals surface area contributed by atoms with E-state index in [9.17, 15) is 19.7 Å². The first kappa shape index (κ1) is 13.7. The predicted molar refractivity (Wildman–Crippen MR) is 67.4 cm³/mol. The van der Waals surface area contributed by atoms with Crippen molar-refractivity contribution in [1.29, 1.82) is 0 Å². The minimum absolute atomic E-state index is 0.289. The molecule has 106 valence electrons. The van der Waals surface area contributed by atoms with Crippen LogP contribution in [0.15, 0.2) is 12.3 Å². The third-order valence-corrected chi connectivity index (χ3v) is 3.21. The third-order valence-electron chi connectivity index (χ3n) is 3.21. The van der Waals surface area contributed by atoms with Crippen molar-refractivity contribution in [2.75, 3.05) is 18.0 Å². The summed E-state index contributed by atoms with van der Waals surface area (Å²) in [6.07, 6.45) is 1.47. The van der Waals surface area contributed by atoms with Gasteiger partial charge in [-0.25, -0.2) is 9.78 Å². The molecule has 1 amide bonds. The van der Waals surface area contributed by atoms with Gasteiger partial charge < -0.3 is 15.7 Å². The van der Waals surface area contributed by atoms with Gasteiger partial charge in [0.05, 0.1) is 10.8 Å². The largest absolute Gasteiger partial charge is 0.477 e. The van der Waals surface area contributed by atoms with E-state index in [0.717, 1.165) is 12.3 Å². The summed E-state index contributed by atoms with van der Waals surface area (Å²) in [4.78, 5) is 37.6. The van der Waals surface area contributed by atoms with Gasteiger partial charge in [-0.1, -0.05) is 0 Å². The number of rotatable bonds is 4. The van der Waals surface area contributed by atoms with Crippen molar-refractivity contribution in [3.63, 3.8) is 0 Å². The number of amides is 1. The molecule has 1 aromatic rings. The number of hydrogen-bond donors (Lipinski definition) is 2. The normalized spacial score (nSPS) is 18.0. The monoisotopic (exact) mass is 280 g/mol. The van der Waals surface area contributed by atoms with Crippen LogP contribution in [0.2, 0.25) is 0 Å². The summed E-state index contributed by atoms with van der Waals surface area (Å²) in [5.41, 5.74) is 4.22. The van der Waals surface area contributed by atoms with Gasteiger partial charge in [-0.15, -0.1) is 0 Å². The van der Waals surface area contributed by atoms with Crippen molar-refractivity contribution in [2.24, 2.45) is 11.7 Å². The lowest BCUT2D eigenvalue weighted by Crippen LogP contribution is -2.27. The maximum absolute atomic E-state index is 11.1. The number of hydrogen-bond acceptors (Lipinski definition) is 6. The third kappa shape index (κ3) is 2.51. The van der Waals surface area contributed by atoms with E-state index < -0.39 is 28.1 Å². The summed E-state index contributed by atoms with van der Waals surface area (Å²) < 4.78 is 0. The average Bonchev–Trinajstić information content (AvgIpc) is 2.87. The highest BCUT2D eigenvalue weighted by Gasteiger charge is 2.29. The second-order valence-corrected chi connectivity index (χ2v) is 4.46. The van der Waals surface area contributed by atoms with Crippen molar-refractivity contribution < 1.29 is 19.6 Å². The standard InChI is InChI=1S/C11H12N4O5/c12-10(16)6-1-2-14(5-6)9-3-7(11(17)18)8(4-13-9)15(19)20/h3-4,6H,1-2,5H2,(H2,12,16)(H,17,18). The molecule has 1 aliphatic heterocycles. The van der Waals surface area contributed by atoms with E-state index >= 15 is 0 Å². The van der Waals surface area contributed by atoms with E-state index in [1.54, 1.807) is 4.90 Å². The maximum Gasteiger partial charge on any atom is 0.342 e. The van der Waals surface area contributed by atoms with Crippen molar-refractivity contribution in [3.05, 3.63) is 27.9 Å². The van der Waals surface area contributed by atoms with Crippen LogP contribution >= 0.6 is 0 Å². The second kappa shape index (κ2) is 5.11. The highest BCUT2D eigenvalue weighted by Crippen LogP contribution is 2.26. The molecule has 1 fully saturated rings. The van der Waals surface area contributed by atoms with Gasteiger partial charge in [0.15, 0.2) is 0 Å². The van der Waals surface area contributed by atoms with Crippen molar-refractivity contribution in [3.8, 4) is 0 Å². The molecule has 1 aromatic heterocycles. The molecule has 2 heterocycles. The number of nitrogens with two attached hydrogens (primary N) is 1. The zero-order chi connectivity index (χ0) is 14.9. The van der Waals surface area contributed by atoms with Gasteiger partial charge in [0.2, 0.25) is 5.91 Å². The highest BCUT2D eigenvalue weighted by molar-refractivity contribution is 5.93. The van der Waals surface area contributed by atoms with Crippen LogP contribution in [-0.4, -0.2) is 40.0 Å².